The van der Waals surface area contributed by atoms with Gasteiger partial charge in [0.05, 0.1) is 6.21 Å². The maximum absolute atomic E-state index is 5.30. The van der Waals surface area contributed by atoms with Crippen LogP contribution in [0, 0.1) is 6.92 Å². The highest BCUT2D eigenvalue weighted by Gasteiger charge is 1.93. The molecule has 19 heavy (non-hydrogen) atoms. The summed E-state index contributed by atoms with van der Waals surface area (Å²) in [5.74, 6) is 0. The molecule has 0 aliphatic rings. The van der Waals surface area contributed by atoms with E-state index in [2.05, 4.69) is 55.4 Å². The maximum Gasteiger partial charge on any atom is 0.142 e. The fraction of sp³-hybridized carbons (Fsp3) is 0.235. The van der Waals surface area contributed by atoms with Crippen LogP contribution in [0.3, 0.4) is 0 Å². The molecule has 0 unspecified atom stereocenters. The molecule has 2 aromatic rings. The summed E-state index contributed by atoms with van der Waals surface area (Å²) in [4.78, 5) is 5.30. The number of rotatable bonds is 5. The Morgan fingerprint density at radius 3 is 2.21 bits per heavy atom. The van der Waals surface area contributed by atoms with Gasteiger partial charge in [-0.05, 0) is 30.0 Å². The highest BCUT2D eigenvalue weighted by Crippen LogP contribution is 2.06. The Labute approximate surface area is 114 Å². The zero-order valence-corrected chi connectivity index (χ0v) is 11.5. The van der Waals surface area contributed by atoms with Gasteiger partial charge >= 0.3 is 0 Å². The van der Waals surface area contributed by atoms with E-state index in [4.69, 9.17) is 4.84 Å². The van der Waals surface area contributed by atoms with Crippen LogP contribution in [0.25, 0.3) is 0 Å². The van der Waals surface area contributed by atoms with Gasteiger partial charge in [-0.15, -0.1) is 0 Å². The van der Waals surface area contributed by atoms with E-state index in [-0.39, 0.29) is 0 Å². The summed E-state index contributed by atoms with van der Waals surface area (Å²) in [7, 11) is 0. The first-order valence-corrected chi connectivity index (χ1v) is 6.58. The summed E-state index contributed by atoms with van der Waals surface area (Å²) in [6.45, 7) is 4.72. The van der Waals surface area contributed by atoms with E-state index in [0.29, 0.717) is 6.61 Å². The van der Waals surface area contributed by atoms with Crippen LogP contribution in [-0.2, 0) is 17.9 Å². The monoisotopic (exact) mass is 253 g/mol. The van der Waals surface area contributed by atoms with E-state index in [9.17, 15) is 0 Å². The highest BCUT2D eigenvalue weighted by atomic mass is 16.6. The van der Waals surface area contributed by atoms with E-state index in [1.165, 1.54) is 11.1 Å². The fourth-order valence-electron chi connectivity index (χ4n) is 1.73. The van der Waals surface area contributed by atoms with Gasteiger partial charge in [0.15, 0.2) is 0 Å². The van der Waals surface area contributed by atoms with Gasteiger partial charge in [-0.25, -0.2) is 0 Å². The molecule has 0 N–H and O–H groups in total. The van der Waals surface area contributed by atoms with Crippen LogP contribution < -0.4 is 0 Å². The van der Waals surface area contributed by atoms with E-state index in [0.717, 1.165) is 17.5 Å². The van der Waals surface area contributed by atoms with E-state index < -0.39 is 0 Å². The predicted molar refractivity (Wildman–Crippen MR) is 79.4 cm³/mol. The first kappa shape index (κ1) is 13.3. The molecule has 2 heteroatoms. The molecule has 0 amide bonds. The molecule has 0 aromatic heterocycles. The number of benzene rings is 2. The van der Waals surface area contributed by atoms with Crippen molar-refractivity contribution >= 4 is 6.21 Å². The molecule has 0 bridgehead atoms. The second kappa shape index (κ2) is 6.74. The zero-order chi connectivity index (χ0) is 13.5. The lowest BCUT2D eigenvalue weighted by Crippen LogP contribution is -1.89. The molecule has 0 spiro atoms. The van der Waals surface area contributed by atoms with Crippen molar-refractivity contribution in [3.05, 3.63) is 70.8 Å². The van der Waals surface area contributed by atoms with Gasteiger partial charge in [0.1, 0.15) is 6.61 Å². The van der Waals surface area contributed by atoms with Crippen molar-refractivity contribution in [2.75, 3.05) is 0 Å². The van der Waals surface area contributed by atoms with Gasteiger partial charge < -0.3 is 4.84 Å². The van der Waals surface area contributed by atoms with Crippen LogP contribution in [0.15, 0.2) is 53.7 Å². The van der Waals surface area contributed by atoms with Crippen LogP contribution >= 0.6 is 0 Å². The van der Waals surface area contributed by atoms with Gasteiger partial charge in [-0.2, -0.15) is 0 Å². The SMILES string of the molecule is CCc1ccc(CON=Cc2ccc(C)cc2)cc1. The summed E-state index contributed by atoms with van der Waals surface area (Å²) in [5, 5.41) is 3.98. The molecular formula is C17H19NO. The van der Waals surface area contributed by atoms with Crippen LogP contribution in [0.2, 0.25) is 0 Å². The minimum Gasteiger partial charge on any atom is -0.391 e. The van der Waals surface area contributed by atoms with Crippen molar-refractivity contribution in [1.29, 1.82) is 0 Å². The van der Waals surface area contributed by atoms with Crippen molar-refractivity contribution in [3.8, 4) is 0 Å². The number of hydrogen-bond donors (Lipinski definition) is 0. The Hall–Kier alpha value is -2.09. The molecule has 0 saturated carbocycles. The summed E-state index contributed by atoms with van der Waals surface area (Å²) in [5.41, 5.74) is 4.77. The molecule has 2 aromatic carbocycles. The second-order valence-electron chi connectivity index (χ2n) is 4.59. The lowest BCUT2D eigenvalue weighted by molar-refractivity contribution is 0.132. The average Bonchev–Trinajstić information content (AvgIpc) is 2.46. The van der Waals surface area contributed by atoms with Crippen molar-refractivity contribution in [2.45, 2.75) is 26.9 Å². The molecule has 0 fully saturated rings. The number of hydrogen-bond acceptors (Lipinski definition) is 2. The van der Waals surface area contributed by atoms with Crippen molar-refractivity contribution in [3.63, 3.8) is 0 Å². The van der Waals surface area contributed by atoms with Crippen LogP contribution in [0.4, 0.5) is 0 Å². The van der Waals surface area contributed by atoms with Gasteiger partial charge in [0.25, 0.3) is 0 Å². The minimum atomic E-state index is 0.506. The quantitative estimate of drug-likeness (QED) is 0.580. The lowest BCUT2D eigenvalue weighted by Gasteiger charge is -2.01. The Morgan fingerprint density at radius 1 is 0.947 bits per heavy atom. The average molecular weight is 253 g/mol. The molecule has 2 rings (SSSR count). The van der Waals surface area contributed by atoms with Crippen molar-refractivity contribution in [1.82, 2.24) is 0 Å². The molecule has 2 nitrogen and oxygen atoms in total. The third-order valence-electron chi connectivity index (χ3n) is 3.02. The van der Waals surface area contributed by atoms with Gasteiger partial charge in [0, 0.05) is 0 Å². The molecule has 0 aliphatic heterocycles. The van der Waals surface area contributed by atoms with Crippen molar-refractivity contribution in [2.24, 2.45) is 5.16 Å². The second-order valence-corrected chi connectivity index (χ2v) is 4.59. The first-order valence-electron chi connectivity index (χ1n) is 6.58. The number of nitrogens with zero attached hydrogens (tertiary/aromatic N) is 1. The highest BCUT2D eigenvalue weighted by molar-refractivity contribution is 5.79. The van der Waals surface area contributed by atoms with E-state index in [1.807, 2.05) is 12.1 Å². The molecule has 0 saturated heterocycles. The van der Waals surface area contributed by atoms with Gasteiger partial charge in [-0.1, -0.05) is 66.2 Å². The molecule has 98 valence electrons. The Morgan fingerprint density at radius 2 is 1.58 bits per heavy atom. The van der Waals surface area contributed by atoms with Crippen molar-refractivity contribution < 1.29 is 4.84 Å². The molecule has 0 atom stereocenters. The minimum absolute atomic E-state index is 0.506. The predicted octanol–water partition coefficient (Wildman–Crippen LogP) is 4.11. The van der Waals surface area contributed by atoms with Gasteiger partial charge in [0.2, 0.25) is 0 Å². The van der Waals surface area contributed by atoms with Crippen LogP contribution in [0.1, 0.15) is 29.2 Å². The normalized spacial score (nSPS) is 10.8. The maximum atomic E-state index is 5.30. The first-order chi connectivity index (χ1) is 9.28. The summed E-state index contributed by atoms with van der Waals surface area (Å²) >= 11 is 0. The molecule has 0 heterocycles. The van der Waals surface area contributed by atoms with Gasteiger partial charge in [-0.3, -0.25) is 0 Å². The lowest BCUT2D eigenvalue weighted by atomic mass is 10.1. The third-order valence-corrected chi connectivity index (χ3v) is 3.02. The Balaban J connectivity index is 1.83. The molecular weight excluding hydrogens is 234 g/mol. The van der Waals surface area contributed by atoms with Crippen LogP contribution in [-0.4, -0.2) is 6.21 Å². The van der Waals surface area contributed by atoms with E-state index >= 15 is 0 Å². The summed E-state index contributed by atoms with van der Waals surface area (Å²) < 4.78 is 0. The smallest absolute Gasteiger partial charge is 0.142 e. The van der Waals surface area contributed by atoms with E-state index in [1.54, 1.807) is 6.21 Å². The fourth-order valence-corrected chi connectivity index (χ4v) is 1.73. The number of aryl methyl sites for hydroxylation is 2. The Bertz CT molecular complexity index is 526. The zero-order valence-electron chi connectivity index (χ0n) is 11.5. The van der Waals surface area contributed by atoms with Crippen LogP contribution in [0.5, 0.6) is 0 Å². The summed E-state index contributed by atoms with van der Waals surface area (Å²) in [6, 6.07) is 16.6. The largest absolute Gasteiger partial charge is 0.391 e. The third kappa shape index (κ3) is 4.25. The molecule has 0 radical (unpaired) electrons. The standard InChI is InChI=1S/C17H19NO/c1-3-15-8-10-17(11-9-15)13-19-18-12-16-6-4-14(2)5-7-16/h4-12H,3,13H2,1-2H3. The Kier molecular flexibility index (Phi) is 4.73. The number of oxime groups is 1. The topological polar surface area (TPSA) is 21.6 Å². The molecule has 0 aliphatic carbocycles. The summed E-state index contributed by atoms with van der Waals surface area (Å²) in [6.07, 6.45) is 2.80.